The third-order valence-electron chi connectivity index (χ3n) is 5.75. The lowest BCUT2D eigenvalue weighted by atomic mass is 9.73. The van der Waals surface area contributed by atoms with E-state index < -0.39 is 0 Å². The van der Waals surface area contributed by atoms with Gasteiger partial charge in [-0.05, 0) is 38.3 Å². The Morgan fingerprint density at radius 2 is 2.04 bits per heavy atom. The standard InChI is InChI=1S/C19H24N6O2/c1-2-23-11-19(7-4-17(23)26)6-3-9-24(12-19)18(27)15-5-8-20-16(10-15)25-13-21-22-14-25/h5,8,10,13-14H,2-4,6-7,9,11-12H2,1H3. The Kier molecular flexibility index (Phi) is 4.63. The molecule has 142 valence electrons. The van der Waals surface area contributed by atoms with Crippen LogP contribution in [0.3, 0.4) is 0 Å². The number of aromatic nitrogens is 4. The number of piperidine rings is 2. The van der Waals surface area contributed by atoms with Gasteiger partial charge in [-0.1, -0.05) is 0 Å². The lowest BCUT2D eigenvalue weighted by Gasteiger charge is -2.48. The van der Waals surface area contributed by atoms with Gasteiger partial charge in [-0.15, -0.1) is 10.2 Å². The van der Waals surface area contributed by atoms with Crippen molar-refractivity contribution >= 4 is 11.8 Å². The minimum Gasteiger partial charge on any atom is -0.342 e. The van der Waals surface area contributed by atoms with E-state index in [4.69, 9.17) is 0 Å². The van der Waals surface area contributed by atoms with Crippen LogP contribution in [0.5, 0.6) is 0 Å². The fraction of sp³-hybridized carbons (Fsp3) is 0.526. The second kappa shape index (κ2) is 7.09. The highest BCUT2D eigenvalue weighted by molar-refractivity contribution is 5.94. The van der Waals surface area contributed by atoms with Crippen LogP contribution in [0.15, 0.2) is 31.0 Å². The molecule has 2 aromatic heterocycles. The molecule has 0 aromatic carbocycles. The molecule has 2 saturated heterocycles. The predicted molar refractivity (Wildman–Crippen MR) is 98.2 cm³/mol. The summed E-state index contributed by atoms with van der Waals surface area (Å²) >= 11 is 0. The zero-order chi connectivity index (χ0) is 18.9. The molecule has 0 bridgehead atoms. The molecule has 0 saturated carbocycles. The second-order valence-electron chi connectivity index (χ2n) is 7.51. The molecule has 1 atom stereocenters. The van der Waals surface area contributed by atoms with Crippen LogP contribution in [0.25, 0.3) is 5.82 Å². The normalized spacial score (nSPS) is 23.1. The van der Waals surface area contributed by atoms with Gasteiger partial charge in [-0.25, -0.2) is 4.98 Å². The molecule has 8 nitrogen and oxygen atoms in total. The van der Waals surface area contributed by atoms with E-state index in [0.717, 1.165) is 38.9 Å². The molecule has 1 spiro atoms. The van der Waals surface area contributed by atoms with Crippen LogP contribution < -0.4 is 0 Å². The number of hydrogen-bond donors (Lipinski definition) is 0. The van der Waals surface area contributed by atoms with Gasteiger partial charge >= 0.3 is 0 Å². The SMILES string of the molecule is CCN1CC2(CCCN(C(=O)c3ccnc(-n4cnnc4)c3)C2)CCC1=O. The number of nitrogens with zero attached hydrogens (tertiary/aromatic N) is 6. The average Bonchev–Trinajstić information content (AvgIpc) is 3.25. The number of carbonyl (C=O) groups is 2. The first-order chi connectivity index (χ1) is 13.1. The van der Waals surface area contributed by atoms with Gasteiger partial charge in [0, 0.05) is 49.8 Å². The number of rotatable bonds is 3. The maximum absolute atomic E-state index is 13.1. The fourth-order valence-corrected chi connectivity index (χ4v) is 4.30. The van der Waals surface area contributed by atoms with Crippen LogP contribution >= 0.6 is 0 Å². The Bertz CT molecular complexity index is 836. The van der Waals surface area contributed by atoms with Crippen LogP contribution in [-0.4, -0.2) is 67.5 Å². The minimum atomic E-state index is 0.0192. The summed E-state index contributed by atoms with van der Waals surface area (Å²) in [5.74, 6) is 0.878. The van der Waals surface area contributed by atoms with Crippen LogP contribution in [0, 0.1) is 5.41 Å². The summed E-state index contributed by atoms with van der Waals surface area (Å²) in [6.07, 6.45) is 8.26. The lowest BCUT2D eigenvalue weighted by Crippen LogP contribution is -2.55. The first-order valence-electron chi connectivity index (χ1n) is 9.48. The Labute approximate surface area is 158 Å². The summed E-state index contributed by atoms with van der Waals surface area (Å²) in [6, 6.07) is 3.52. The topological polar surface area (TPSA) is 84.2 Å². The van der Waals surface area contributed by atoms with Crippen molar-refractivity contribution in [3.63, 3.8) is 0 Å². The Hall–Kier alpha value is -2.77. The molecule has 8 heteroatoms. The third-order valence-corrected chi connectivity index (χ3v) is 5.75. The Morgan fingerprint density at radius 1 is 1.22 bits per heavy atom. The van der Waals surface area contributed by atoms with E-state index in [9.17, 15) is 9.59 Å². The molecular formula is C19H24N6O2. The molecule has 0 radical (unpaired) electrons. The van der Waals surface area contributed by atoms with Crippen molar-refractivity contribution in [3.8, 4) is 5.82 Å². The number of likely N-dealkylation sites (tertiary alicyclic amines) is 2. The van der Waals surface area contributed by atoms with Crippen molar-refractivity contribution in [1.29, 1.82) is 0 Å². The van der Waals surface area contributed by atoms with Gasteiger partial charge in [-0.3, -0.25) is 14.2 Å². The maximum atomic E-state index is 13.1. The van der Waals surface area contributed by atoms with Gasteiger partial charge in [-0.2, -0.15) is 0 Å². The number of carbonyl (C=O) groups excluding carboxylic acids is 2. The van der Waals surface area contributed by atoms with E-state index >= 15 is 0 Å². The van der Waals surface area contributed by atoms with Gasteiger partial charge in [0.25, 0.3) is 5.91 Å². The molecule has 0 aliphatic carbocycles. The number of amides is 2. The largest absolute Gasteiger partial charge is 0.342 e. The predicted octanol–water partition coefficient (Wildman–Crippen LogP) is 1.53. The summed E-state index contributed by atoms with van der Waals surface area (Å²) in [6.45, 7) is 4.98. The molecule has 2 fully saturated rings. The van der Waals surface area contributed by atoms with Crippen molar-refractivity contribution in [1.82, 2.24) is 29.5 Å². The van der Waals surface area contributed by atoms with Crippen molar-refractivity contribution in [2.24, 2.45) is 5.41 Å². The molecule has 1 unspecified atom stereocenters. The second-order valence-corrected chi connectivity index (χ2v) is 7.51. The molecule has 0 N–H and O–H groups in total. The highest BCUT2D eigenvalue weighted by atomic mass is 16.2. The van der Waals surface area contributed by atoms with Crippen LogP contribution in [-0.2, 0) is 4.79 Å². The van der Waals surface area contributed by atoms with Crippen LogP contribution in [0.2, 0.25) is 0 Å². The quantitative estimate of drug-likeness (QED) is 0.820. The van der Waals surface area contributed by atoms with E-state index in [-0.39, 0.29) is 17.2 Å². The summed E-state index contributed by atoms with van der Waals surface area (Å²) in [5.41, 5.74) is 0.645. The monoisotopic (exact) mass is 368 g/mol. The van der Waals surface area contributed by atoms with E-state index in [1.807, 2.05) is 16.7 Å². The van der Waals surface area contributed by atoms with Crippen molar-refractivity contribution < 1.29 is 9.59 Å². The summed E-state index contributed by atoms with van der Waals surface area (Å²) in [5, 5.41) is 7.57. The van der Waals surface area contributed by atoms with Crippen molar-refractivity contribution in [2.75, 3.05) is 26.2 Å². The Balaban J connectivity index is 1.52. The van der Waals surface area contributed by atoms with E-state index in [1.54, 1.807) is 35.6 Å². The molecule has 2 aliphatic heterocycles. The molecule has 2 aliphatic rings. The van der Waals surface area contributed by atoms with Crippen LogP contribution in [0.4, 0.5) is 0 Å². The molecule has 2 amide bonds. The summed E-state index contributed by atoms with van der Waals surface area (Å²) < 4.78 is 1.68. The summed E-state index contributed by atoms with van der Waals surface area (Å²) in [4.78, 5) is 33.4. The third kappa shape index (κ3) is 3.43. The van der Waals surface area contributed by atoms with E-state index in [0.29, 0.717) is 24.3 Å². The van der Waals surface area contributed by atoms with Crippen molar-refractivity contribution in [3.05, 3.63) is 36.5 Å². The van der Waals surface area contributed by atoms with Gasteiger partial charge in [0.2, 0.25) is 5.91 Å². The first-order valence-corrected chi connectivity index (χ1v) is 9.48. The minimum absolute atomic E-state index is 0.0192. The smallest absolute Gasteiger partial charge is 0.254 e. The fourth-order valence-electron chi connectivity index (χ4n) is 4.30. The zero-order valence-electron chi connectivity index (χ0n) is 15.5. The number of pyridine rings is 1. The molecule has 2 aromatic rings. The van der Waals surface area contributed by atoms with E-state index in [2.05, 4.69) is 15.2 Å². The zero-order valence-corrected chi connectivity index (χ0v) is 15.5. The van der Waals surface area contributed by atoms with Gasteiger partial charge < -0.3 is 9.80 Å². The van der Waals surface area contributed by atoms with Crippen LogP contribution in [0.1, 0.15) is 43.0 Å². The molecular weight excluding hydrogens is 344 g/mol. The van der Waals surface area contributed by atoms with Gasteiger partial charge in [0.15, 0.2) is 0 Å². The van der Waals surface area contributed by atoms with E-state index in [1.165, 1.54) is 0 Å². The van der Waals surface area contributed by atoms with Gasteiger partial charge in [0.05, 0.1) is 0 Å². The van der Waals surface area contributed by atoms with Crippen molar-refractivity contribution in [2.45, 2.75) is 32.6 Å². The lowest BCUT2D eigenvalue weighted by molar-refractivity contribution is -0.138. The summed E-state index contributed by atoms with van der Waals surface area (Å²) in [7, 11) is 0. The maximum Gasteiger partial charge on any atom is 0.254 e. The molecule has 4 rings (SSSR count). The van der Waals surface area contributed by atoms with Gasteiger partial charge in [0.1, 0.15) is 18.5 Å². The first kappa shape index (κ1) is 17.6. The highest BCUT2D eigenvalue weighted by Gasteiger charge is 2.42. The highest BCUT2D eigenvalue weighted by Crippen LogP contribution is 2.39. The molecule has 4 heterocycles. The molecule has 27 heavy (non-hydrogen) atoms. The number of hydrogen-bond acceptors (Lipinski definition) is 5. The Morgan fingerprint density at radius 3 is 2.81 bits per heavy atom. The average molecular weight is 368 g/mol.